The second-order valence-corrected chi connectivity index (χ2v) is 3.40. The molecular formula is C9H17NO2. The Morgan fingerprint density at radius 2 is 2.08 bits per heavy atom. The molecule has 1 rings (SSSR count). The maximum Gasteiger partial charge on any atom is 0.135 e. The smallest absolute Gasteiger partial charge is 0.135 e. The van der Waals surface area contributed by atoms with Crippen LogP contribution in [0.3, 0.4) is 0 Å². The molecule has 0 aromatic heterocycles. The molecule has 1 heterocycles. The van der Waals surface area contributed by atoms with Gasteiger partial charge in [-0.2, -0.15) is 0 Å². The Labute approximate surface area is 73.4 Å². The number of rotatable bonds is 3. The van der Waals surface area contributed by atoms with E-state index >= 15 is 0 Å². The second kappa shape index (κ2) is 4.58. The van der Waals surface area contributed by atoms with Crippen LogP contribution in [0.15, 0.2) is 0 Å². The monoisotopic (exact) mass is 171 g/mol. The highest BCUT2D eigenvalue weighted by molar-refractivity contribution is 5.79. The molecule has 0 aliphatic carbocycles. The molecule has 0 aromatic carbocycles. The maximum absolute atomic E-state index is 10.9. The zero-order chi connectivity index (χ0) is 8.97. The molecule has 1 unspecified atom stereocenters. The van der Waals surface area contributed by atoms with Crippen molar-refractivity contribution in [1.29, 1.82) is 0 Å². The highest BCUT2D eigenvalue weighted by Gasteiger charge is 2.17. The van der Waals surface area contributed by atoms with Crippen molar-refractivity contribution in [3.8, 4) is 0 Å². The number of hydrogen-bond donors (Lipinski definition) is 1. The van der Waals surface area contributed by atoms with Crippen LogP contribution in [0.25, 0.3) is 0 Å². The third-order valence-corrected chi connectivity index (χ3v) is 2.35. The van der Waals surface area contributed by atoms with E-state index in [0.29, 0.717) is 18.6 Å². The highest BCUT2D eigenvalue weighted by atomic mass is 16.3. The molecule has 0 amide bonds. The van der Waals surface area contributed by atoms with Crippen molar-refractivity contribution in [3.05, 3.63) is 0 Å². The van der Waals surface area contributed by atoms with Crippen molar-refractivity contribution < 1.29 is 9.90 Å². The van der Waals surface area contributed by atoms with E-state index in [1.54, 1.807) is 0 Å². The van der Waals surface area contributed by atoms with Crippen LogP contribution >= 0.6 is 0 Å². The van der Waals surface area contributed by atoms with E-state index in [0.717, 1.165) is 26.1 Å². The van der Waals surface area contributed by atoms with Gasteiger partial charge in [0, 0.05) is 32.5 Å². The van der Waals surface area contributed by atoms with Crippen LogP contribution in [0, 0.1) is 0 Å². The van der Waals surface area contributed by atoms with E-state index in [4.69, 9.17) is 0 Å². The topological polar surface area (TPSA) is 40.5 Å². The zero-order valence-electron chi connectivity index (χ0n) is 7.62. The van der Waals surface area contributed by atoms with Crippen LogP contribution in [-0.2, 0) is 4.79 Å². The average Bonchev–Trinajstić information content (AvgIpc) is 2.09. The number of hydrogen-bond acceptors (Lipinski definition) is 3. The Bertz CT molecular complexity index is 149. The summed E-state index contributed by atoms with van der Waals surface area (Å²) in [6, 6.07) is 0. The molecule has 0 radical (unpaired) electrons. The molecule has 1 fully saturated rings. The van der Waals surface area contributed by atoms with Crippen molar-refractivity contribution in [1.82, 2.24) is 4.90 Å². The normalized spacial score (nSPS) is 22.7. The number of carbonyl (C=O) groups is 1. The predicted molar refractivity (Wildman–Crippen MR) is 47.0 cm³/mol. The van der Waals surface area contributed by atoms with Gasteiger partial charge >= 0.3 is 0 Å². The third-order valence-electron chi connectivity index (χ3n) is 2.35. The van der Waals surface area contributed by atoms with Crippen molar-refractivity contribution in [2.24, 2.45) is 0 Å². The van der Waals surface area contributed by atoms with Gasteiger partial charge in [-0.15, -0.1) is 0 Å². The summed E-state index contributed by atoms with van der Waals surface area (Å²) < 4.78 is 0. The molecule has 12 heavy (non-hydrogen) atoms. The SMILES string of the molecule is CCC(O)CN1CCC(=O)CC1. The molecular weight excluding hydrogens is 154 g/mol. The fourth-order valence-electron chi connectivity index (χ4n) is 1.41. The van der Waals surface area contributed by atoms with Crippen molar-refractivity contribution in [2.75, 3.05) is 19.6 Å². The van der Waals surface area contributed by atoms with E-state index in [1.807, 2.05) is 6.92 Å². The molecule has 1 N–H and O–H groups in total. The van der Waals surface area contributed by atoms with E-state index in [1.165, 1.54) is 0 Å². The number of Topliss-reactive ketones (excluding diaryl/α,β-unsaturated/α-hetero) is 1. The molecule has 1 saturated heterocycles. The lowest BCUT2D eigenvalue weighted by Crippen LogP contribution is -2.38. The van der Waals surface area contributed by atoms with E-state index in [9.17, 15) is 9.90 Å². The molecule has 0 aromatic rings. The van der Waals surface area contributed by atoms with Gasteiger partial charge in [0.2, 0.25) is 0 Å². The van der Waals surface area contributed by atoms with Gasteiger partial charge in [-0.25, -0.2) is 0 Å². The number of likely N-dealkylation sites (tertiary alicyclic amines) is 1. The first kappa shape index (κ1) is 9.68. The van der Waals surface area contributed by atoms with E-state index in [2.05, 4.69) is 4.90 Å². The summed E-state index contributed by atoms with van der Waals surface area (Å²) in [5, 5.41) is 9.35. The van der Waals surface area contributed by atoms with E-state index in [-0.39, 0.29) is 6.10 Å². The van der Waals surface area contributed by atoms with Crippen LogP contribution in [0.1, 0.15) is 26.2 Å². The standard InChI is InChI=1S/C9H17NO2/c1-2-8(11)7-10-5-3-9(12)4-6-10/h8,11H,2-7H2,1H3. The Morgan fingerprint density at radius 3 is 2.58 bits per heavy atom. The van der Waals surface area contributed by atoms with Gasteiger partial charge in [0.05, 0.1) is 6.10 Å². The molecule has 1 aliphatic heterocycles. The molecule has 70 valence electrons. The zero-order valence-corrected chi connectivity index (χ0v) is 7.62. The first-order valence-electron chi connectivity index (χ1n) is 4.64. The Morgan fingerprint density at radius 1 is 1.50 bits per heavy atom. The number of nitrogens with zero attached hydrogens (tertiary/aromatic N) is 1. The summed E-state index contributed by atoms with van der Waals surface area (Å²) in [5.41, 5.74) is 0. The molecule has 0 bridgehead atoms. The average molecular weight is 171 g/mol. The minimum absolute atomic E-state index is 0.224. The minimum atomic E-state index is -0.224. The van der Waals surface area contributed by atoms with Crippen molar-refractivity contribution >= 4 is 5.78 Å². The fourth-order valence-corrected chi connectivity index (χ4v) is 1.41. The molecule has 0 spiro atoms. The van der Waals surface area contributed by atoms with Gasteiger partial charge in [-0.3, -0.25) is 9.69 Å². The Kier molecular flexibility index (Phi) is 3.69. The van der Waals surface area contributed by atoms with Gasteiger partial charge in [0.1, 0.15) is 5.78 Å². The molecule has 1 aliphatic rings. The van der Waals surface area contributed by atoms with Crippen LogP contribution in [0.4, 0.5) is 0 Å². The summed E-state index contributed by atoms with van der Waals surface area (Å²) in [7, 11) is 0. The summed E-state index contributed by atoms with van der Waals surface area (Å²) in [4.78, 5) is 13.0. The largest absolute Gasteiger partial charge is 0.392 e. The van der Waals surface area contributed by atoms with Gasteiger partial charge in [-0.1, -0.05) is 6.92 Å². The maximum atomic E-state index is 10.9. The lowest BCUT2D eigenvalue weighted by atomic mass is 10.1. The number of aliphatic hydroxyl groups excluding tert-OH is 1. The molecule has 3 nitrogen and oxygen atoms in total. The number of carbonyl (C=O) groups excluding carboxylic acids is 1. The van der Waals surface area contributed by atoms with Gasteiger partial charge in [0.15, 0.2) is 0 Å². The summed E-state index contributed by atoms with van der Waals surface area (Å²) in [6.07, 6.45) is 1.90. The number of ketones is 1. The fraction of sp³-hybridized carbons (Fsp3) is 0.889. The Hall–Kier alpha value is -0.410. The third kappa shape index (κ3) is 2.91. The van der Waals surface area contributed by atoms with E-state index < -0.39 is 0 Å². The molecule has 3 heteroatoms. The quantitative estimate of drug-likeness (QED) is 0.669. The van der Waals surface area contributed by atoms with Crippen molar-refractivity contribution in [2.45, 2.75) is 32.3 Å². The van der Waals surface area contributed by atoms with Crippen molar-refractivity contribution in [3.63, 3.8) is 0 Å². The highest BCUT2D eigenvalue weighted by Crippen LogP contribution is 2.06. The van der Waals surface area contributed by atoms with Crippen LogP contribution in [-0.4, -0.2) is 41.5 Å². The number of aliphatic hydroxyl groups is 1. The van der Waals surface area contributed by atoms with Gasteiger partial charge in [0.25, 0.3) is 0 Å². The first-order valence-corrected chi connectivity index (χ1v) is 4.64. The minimum Gasteiger partial charge on any atom is -0.392 e. The molecule has 1 atom stereocenters. The summed E-state index contributed by atoms with van der Waals surface area (Å²) in [5.74, 6) is 0.359. The number of β-amino-alcohol motifs (C(OH)–C–C–N with tert-alkyl or cyclic N) is 1. The molecule has 0 saturated carbocycles. The van der Waals surface area contributed by atoms with Crippen LogP contribution in [0.5, 0.6) is 0 Å². The first-order chi connectivity index (χ1) is 5.72. The summed E-state index contributed by atoms with van der Waals surface area (Å²) in [6.45, 7) is 4.36. The lowest BCUT2D eigenvalue weighted by molar-refractivity contribution is -0.121. The van der Waals surface area contributed by atoms with Crippen LogP contribution in [0.2, 0.25) is 0 Å². The van der Waals surface area contributed by atoms with Gasteiger partial charge < -0.3 is 5.11 Å². The second-order valence-electron chi connectivity index (χ2n) is 3.40. The Balaban J connectivity index is 2.21. The lowest BCUT2D eigenvalue weighted by Gasteiger charge is -2.27. The van der Waals surface area contributed by atoms with Crippen LogP contribution < -0.4 is 0 Å². The summed E-state index contributed by atoms with van der Waals surface area (Å²) >= 11 is 0. The predicted octanol–water partition coefficient (Wildman–Crippen LogP) is 0.422. The van der Waals surface area contributed by atoms with Gasteiger partial charge in [-0.05, 0) is 6.42 Å². The number of piperidine rings is 1.